The van der Waals surface area contributed by atoms with Crippen LogP contribution < -0.4 is 4.74 Å². The van der Waals surface area contributed by atoms with Crippen LogP contribution in [-0.4, -0.2) is 0 Å². The fourth-order valence-electron chi connectivity index (χ4n) is 2.44. The molecule has 0 saturated carbocycles. The van der Waals surface area contributed by atoms with E-state index in [0.717, 1.165) is 26.9 Å². The van der Waals surface area contributed by atoms with E-state index in [4.69, 9.17) is 16.3 Å². The van der Waals surface area contributed by atoms with E-state index in [0.29, 0.717) is 17.2 Å². The highest BCUT2D eigenvalue weighted by Crippen LogP contribution is 2.26. The van der Waals surface area contributed by atoms with Crippen molar-refractivity contribution in [1.82, 2.24) is 0 Å². The van der Waals surface area contributed by atoms with Crippen molar-refractivity contribution in [3.05, 3.63) is 99.0 Å². The molecular weight excluding hydrogens is 410 g/mol. The third kappa shape index (κ3) is 4.76. The topological polar surface area (TPSA) is 33.0 Å². The Balaban J connectivity index is 1.84. The molecule has 2 nitrogen and oxygen atoms in total. The normalized spacial score (nSPS) is 11.0. The first-order chi connectivity index (χ1) is 12.7. The summed E-state index contributed by atoms with van der Waals surface area (Å²) in [6, 6.07) is 25.2. The van der Waals surface area contributed by atoms with Crippen LogP contribution in [0.2, 0.25) is 5.02 Å². The van der Waals surface area contributed by atoms with Crippen molar-refractivity contribution in [2.24, 2.45) is 0 Å². The summed E-state index contributed by atoms with van der Waals surface area (Å²) in [4.78, 5) is 0. The quantitative estimate of drug-likeness (QED) is 0.335. The van der Waals surface area contributed by atoms with E-state index in [2.05, 4.69) is 22.0 Å². The van der Waals surface area contributed by atoms with E-state index < -0.39 is 0 Å². The van der Waals surface area contributed by atoms with E-state index in [1.165, 1.54) is 0 Å². The summed E-state index contributed by atoms with van der Waals surface area (Å²) in [6.07, 6.45) is 1.83. The third-order valence-corrected chi connectivity index (χ3v) is 4.58. The second-order valence-electron chi connectivity index (χ2n) is 5.63. The van der Waals surface area contributed by atoms with Crippen molar-refractivity contribution in [3.63, 3.8) is 0 Å². The Bertz CT molecular complexity index is 957. The maximum Gasteiger partial charge on any atom is 0.127 e. The zero-order valence-corrected chi connectivity index (χ0v) is 16.2. The molecule has 0 aromatic heterocycles. The molecule has 0 bridgehead atoms. The molecule has 0 fully saturated rings. The molecule has 3 aromatic carbocycles. The lowest BCUT2D eigenvalue weighted by molar-refractivity contribution is 0.305. The predicted molar refractivity (Wildman–Crippen MR) is 110 cm³/mol. The summed E-state index contributed by atoms with van der Waals surface area (Å²) in [5, 5.41) is 10.2. The Hall–Kier alpha value is -2.54. The van der Waals surface area contributed by atoms with Gasteiger partial charge in [-0.1, -0.05) is 70.0 Å². The summed E-state index contributed by atoms with van der Waals surface area (Å²) >= 11 is 9.36. The number of benzene rings is 3. The molecular formula is C22H15BrClNO. The van der Waals surface area contributed by atoms with Gasteiger partial charge in [0.15, 0.2) is 0 Å². The van der Waals surface area contributed by atoms with Crippen LogP contribution in [0.4, 0.5) is 0 Å². The molecule has 0 aliphatic carbocycles. The van der Waals surface area contributed by atoms with Gasteiger partial charge in [-0.05, 0) is 47.5 Å². The number of nitriles is 1. The number of hydrogen-bond acceptors (Lipinski definition) is 2. The van der Waals surface area contributed by atoms with Gasteiger partial charge in [-0.25, -0.2) is 0 Å². The molecule has 3 rings (SSSR count). The lowest BCUT2D eigenvalue weighted by Gasteiger charge is -2.10. The maximum absolute atomic E-state index is 9.54. The molecule has 4 heteroatoms. The molecule has 0 radical (unpaired) electrons. The first kappa shape index (κ1) is 18.3. The van der Waals surface area contributed by atoms with Crippen LogP contribution >= 0.6 is 27.5 Å². The Morgan fingerprint density at radius 2 is 1.69 bits per heavy atom. The van der Waals surface area contributed by atoms with E-state index in [1.807, 2.05) is 66.7 Å². The number of para-hydroxylation sites is 1. The zero-order chi connectivity index (χ0) is 18.4. The molecule has 0 atom stereocenters. The average Bonchev–Trinajstić information content (AvgIpc) is 2.67. The summed E-state index contributed by atoms with van der Waals surface area (Å²) in [5.41, 5.74) is 3.31. The molecule has 128 valence electrons. The molecule has 0 unspecified atom stereocenters. The van der Waals surface area contributed by atoms with Gasteiger partial charge in [-0.15, -0.1) is 0 Å². The number of allylic oxidation sites excluding steroid dienone is 1. The van der Waals surface area contributed by atoms with Gasteiger partial charge in [0, 0.05) is 15.1 Å². The Labute approximate surface area is 166 Å². The van der Waals surface area contributed by atoms with Crippen LogP contribution in [0.1, 0.15) is 16.7 Å². The molecule has 0 N–H and O–H groups in total. The molecule has 0 aliphatic rings. The second-order valence-corrected chi connectivity index (χ2v) is 6.98. The highest BCUT2D eigenvalue weighted by molar-refractivity contribution is 9.10. The van der Waals surface area contributed by atoms with E-state index in [-0.39, 0.29) is 0 Å². The molecule has 0 amide bonds. The molecule has 0 heterocycles. The van der Waals surface area contributed by atoms with Gasteiger partial charge in [-0.3, -0.25) is 0 Å². The number of hydrogen-bond donors (Lipinski definition) is 0. The van der Waals surface area contributed by atoms with Gasteiger partial charge in [0.05, 0.1) is 11.6 Å². The Morgan fingerprint density at radius 3 is 2.38 bits per heavy atom. The van der Waals surface area contributed by atoms with Crippen LogP contribution in [0.25, 0.3) is 11.6 Å². The average molecular weight is 425 g/mol. The third-order valence-electron chi connectivity index (χ3n) is 3.80. The van der Waals surface area contributed by atoms with E-state index in [1.54, 1.807) is 12.1 Å². The highest BCUT2D eigenvalue weighted by atomic mass is 79.9. The first-order valence-electron chi connectivity index (χ1n) is 8.00. The van der Waals surface area contributed by atoms with Gasteiger partial charge in [0.2, 0.25) is 0 Å². The Kier molecular flexibility index (Phi) is 6.12. The standard InChI is InChI=1S/C22H15BrClNO/c23-20-9-5-16(6-10-20)15-26-22-4-2-1-3-18(22)13-19(14-25)17-7-11-21(24)12-8-17/h1-13H,15H2/b19-13-. The molecule has 0 spiro atoms. The van der Waals surface area contributed by atoms with Crippen molar-refractivity contribution in [2.45, 2.75) is 6.61 Å². The van der Waals surface area contributed by atoms with Crippen molar-refractivity contribution in [3.8, 4) is 11.8 Å². The fraction of sp³-hybridized carbons (Fsp3) is 0.0455. The monoisotopic (exact) mass is 423 g/mol. The second kappa shape index (κ2) is 8.71. The van der Waals surface area contributed by atoms with Crippen LogP contribution in [0.5, 0.6) is 5.75 Å². The van der Waals surface area contributed by atoms with Crippen molar-refractivity contribution in [2.75, 3.05) is 0 Å². The van der Waals surface area contributed by atoms with Gasteiger partial charge in [-0.2, -0.15) is 5.26 Å². The van der Waals surface area contributed by atoms with Crippen LogP contribution in [0, 0.1) is 11.3 Å². The maximum atomic E-state index is 9.54. The lowest BCUT2D eigenvalue weighted by Crippen LogP contribution is -1.97. The smallest absolute Gasteiger partial charge is 0.127 e. The molecule has 0 saturated heterocycles. The highest BCUT2D eigenvalue weighted by Gasteiger charge is 2.06. The van der Waals surface area contributed by atoms with Crippen LogP contribution in [-0.2, 0) is 6.61 Å². The Morgan fingerprint density at radius 1 is 1.00 bits per heavy atom. The van der Waals surface area contributed by atoms with Gasteiger partial charge >= 0.3 is 0 Å². The fourth-order valence-corrected chi connectivity index (χ4v) is 2.83. The summed E-state index contributed by atoms with van der Waals surface area (Å²) in [7, 11) is 0. The number of nitrogens with zero attached hydrogens (tertiary/aromatic N) is 1. The number of ether oxygens (including phenoxy) is 1. The lowest BCUT2D eigenvalue weighted by atomic mass is 10.0. The largest absolute Gasteiger partial charge is 0.488 e. The van der Waals surface area contributed by atoms with Crippen LogP contribution in [0.15, 0.2) is 77.3 Å². The van der Waals surface area contributed by atoms with Crippen LogP contribution in [0.3, 0.4) is 0 Å². The number of halogens is 2. The first-order valence-corrected chi connectivity index (χ1v) is 9.17. The minimum Gasteiger partial charge on any atom is -0.488 e. The zero-order valence-electron chi connectivity index (χ0n) is 13.8. The van der Waals surface area contributed by atoms with Crippen molar-refractivity contribution in [1.29, 1.82) is 5.26 Å². The number of rotatable bonds is 5. The molecule has 3 aromatic rings. The molecule has 0 aliphatic heterocycles. The van der Waals surface area contributed by atoms with E-state index >= 15 is 0 Å². The summed E-state index contributed by atoms with van der Waals surface area (Å²) in [5.74, 6) is 0.733. The van der Waals surface area contributed by atoms with Gasteiger partial charge < -0.3 is 4.74 Å². The van der Waals surface area contributed by atoms with E-state index in [9.17, 15) is 5.26 Å². The van der Waals surface area contributed by atoms with Gasteiger partial charge in [0.1, 0.15) is 12.4 Å². The van der Waals surface area contributed by atoms with Gasteiger partial charge in [0.25, 0.3) is 0 Å². The minimum absolute atomic E-state index is 0.459. The van der Waals surface area contributed by atoms with Crippen molar-refractivity contribution < 1.29 is 4.74 Å². The minimum atomic E-state index is 0.459. The SMILES string of the molecule is N#C/C(=C/c1ccccc1OCc1ccc(Br)cc1)c1ccc(Cl)cc1. The summed E-state index contributed by atoms with van der Waals surface area (Å²) < 4.78 is 7.01. The van der Waals surface area contributed by atoms with Crippen molar-refractivity contribution >= 4 is 39.2 Å². The summed E-state index contributed by atoms with van der Waals surface area (Å²) in [6.45, 7) is 0.459. The molecule has 26 heavy (non-hydrogen) atoms. The predicted octanol–water partition coefficient (Wildman–Crippen LogP) is 6.75.